The summed E-state index contributed by atoms with van der Waals surface area (Å²) in [5.41, 5.74) is 2.30. The predicted octanol–water partition coefficient (Wildman–Crippen LogP) is 5.30. The lowest BCUT2D eigenvalue weighted by Gasteiger charge is -2.15. The molecule has 0 saturated carbocycles. The second kappa shape index (κ2) is 9.63. The molecule has 31 heavy (non-hydrogen) atoms. The van der Waals surface area contributed by atoms with Gasteiger partial charge in [0.1, 0.15) is 11.9 Å². The summed E-state index contributed by atoms with van der Waals surface area (Å²) >= 11 is 0. The fourth-order valence-electron chi connectivity index (χ4n) is 2.92. The predicted molar refractivity (Wildman–Crippen MR) is 116 cm³/mol. The van der Waals surface area contributed by atoms with E-state index < -0.39 is 18.0 Å². The van der Waals surface area contributed by atoms with Crippen molar-refractivity contribution in [3.8, 4) is 11.1 Å². The molecular formula is C23H21F3N4O. The number of aliphatic imine (C=N–C) groups is 2. The van der Waals surface area contributed by atoms with Crippen molar-refractivity contribution in [2.45, 2.75) is 25.9 Å². The number of aromatic nitrogens is 1. The smallest absolute Gasteiger partial charge is 0.373 e. The van der Waals surface area contributed by atoms with E-state index in [0.717, 1.165) is 17.7 Å². The Morgan fingerprint density at radius 3 is 2.39 bits per heavy atom. The molecule has 0 amide bonds. The highest BCUT2D eigenvalue weighted by Gasteiger charge is 2.30. The normalized spacial score (nSPS) is 13.1. The lowest BCUT2D eigenvalue weighted by Crippen LogP contribution is -2.34. The van der Waals surface area contributed by atoms with Crippen molar-refractivity contribution >= 4 is 23.8 Å². The first-order chi connectivity index (χ1) is 14.8. The van der Waals surface area contributed by atoms with Gasteiger partial charge in [0.25, 0.3) is 0 Å². The zero-order valence-electron chi connectivity index (χ0n) is 16.8. The molecule has 0 spiro atoms. The summed E-state index contributed by atoms with van der Waals surface area (Å²) in [4.78, 5) is 12.5. The number of nitrogens with zero attached hydrogens (tertiary/aromatic N) is 3. The van der Waals surface area contributed by atoms with Crippen LogP contribution >= 0.6 is 0 Å². The van der Waals surface area contributed by atoms with Gasteiger partial charge in [0.2, 0.25) is 0 Å². The molecular weight excluding hydrogens is 405 g/mol. The molecule has 0 aliphatic carbocycles. The van der Waals surface area contributed by atoms with Crippen molar-refractivity contribution in [1.82, 2.24) is 10.3 Å². The van der Waals surface area contributed by atoms with E-state index in [9.17, 15) is 18.3 Å². The van der Waals surface area contributed by atoms with Crippen LogP contribution in [0.15, 0.2) is 77.0 Å². The molecule has 3 aromatic rings. The summed E-state index contributed by atoms with van der Waals surface area (Å²) in [5, 5.41) is 13.4. The Morgan fingerprint density at radius 2 is 1.77 bits per heavy atom. The van der Waals surface area contributed by atoms with Gasteiger partial charge in [-0.2, -0.15) is 13.2 Å². The number of pyridine rings is 1. The van der Waals surface area contributed by atoms with E-state index in [2.05, 4.69) is 27.0 Å². The fraction of sp³-hybridized carbons (Fsp3) is 0.174. The van der Waals surface area contributed by atoms with Crippen LogP contribution in [0.1, 0.15) is 18.1 Å². The van der Waals surface area contributed by atoms with Gasteiger partial charge in [0, 0.05) is 18.3 Å². The number of rotatable bonds is 7. The summed E-state index contributed by atoms with van der Waals surface area (Å²) in [6.07, 6.45) is -2.51. The number of hydrogen-bond donors (Lipinski definition) is 2. The maximum Gasteiger partial charge on any atom is 0.416 e. The molecule has 0 aliphatic rings. The van der Waals surface area contributed by atoms with Crippen molar-refractivity contribution in [2.75, 3.05) is 0 Å². The van der Waals surface area contributed by atoms with Crippen LogP contribution in [-0.2, 0) is 12.7 Å². The minimum absolute atomic E-state index is 0.354. The Bertz CT molecular complexity index is 1060. The number of benzene rings is 2. The van der Waals surface area contributed by atoms with Crippen LogP contribution in [0, 0.1) is 0 Å². The third-order valence-electron chi connectivity index (χ3n) is 4.62. The molecule has 3 rings (SSSR count). The lowest BCUT2D eigenvalue weighted by molar-refractivity contribution is -0.137. The quantitative estimate of drug-likeness (QED) is 0.398. The number of hydrogen-bond acceptors (Lipinski definition) is 5. The van der Waals surface area contributed by atoms with Gasteiger partial charge in [-0.25, -0.2) is 0 Å². The Hall–Kier alpha value is -3.36. The molecule has 1 aromatic heterocycles. The highest BCUT2D eigenvalue weighted by atomic mass is 19.4. The Labute approximate surface area is 178 Å². The van der Waals surface area contributed by atoms with Gasteiger partial charge in [0.15, 0.2) is 0 Å². The second-order valence-electron chi connectivity index (χ2n) is 6.81. The van der Waals surface area contributed by atoms with E-state index in [0.29, 0.717) is 34.8 Å². The minimum Gasteiger partial charge on any atom is -0.373 e. The van der Waals surface area contributed by atoms with Crippen molar-refractivity contribution in [2.24, 2.45) is 9.98 Å². The van der Waals surface area contributed by atoms with Gasteiger partial charge in [-0.15, -0.1) is 0 Å². The Balaban J connectivity index is 1.90. The second-order valence-corrected chi connectivity index (χ2v) is 6.81. The molecule has 160 valence electrons. The van der Waals surface area contributed by atoms with Crippen LogP contribution in [-0.4, -0.2) is 28.7 Å². The minimum atomic E-state index is -4.42. The first-order valence-electron chi connectivity index (χ1n) is 9.42. The monoisotopic (exact) mass is 426 g/mol. The highest BCUT2D eigenvalue weighted by molar-refractivity contribution is 5.93. The average molecular weight is 426 g/mol. The molecule has 1 heterocycles. The van der Waals surface area contributed by atoms with Crippen molar-refractivity contribution in [1.29, 1.82) is 0 Å². The first-order valence-corrected chi connectivity index (χ1v) is 9.42. The van der Waals surface area contributed by atoms with Crippen molar-refractivity contribution in [3.63, 3.8) is 0 Å². The lowest BCUT2D eigenvalue weighted by atomic mass is 10.0. The van der Waals surface area contributed by atoms with Crippen LogP contribution in [0.25, 0.3) is 11.1 Å². The van der Waals surface area contributed by atoms with Gasteiger partial charge < -0.3 is 5.11 Å². The zero-order valence-corrected chi connectivity index (χ0v) is 16.8. The van der Waals surface area contributed by atoms with E-state index in [1.165, 1.54) is 24.5 Å². The summed E-state index contributed by atoms with van der Waals surface area (Å²) in [6, 6.07) is 14.3. The van der Waals surface area contributed by atoms with Gasteiger partial charge >= 0.3 is 6.18 Å². The van der Waals surface area contributed by atoms with E-state index in [1.807, 2.05) is 30.3 Å². The van der Waals surface area contributed by atoms with E-state index in [4.69, 9.17) is 0 Å². The topological polar surface area (TPSA) is 69.9 Å². The van der Waals surface area contributed by atoms with Gasteiger partial charge in [-0.05, 0) is 36.9 Å². The molecule has 0 bridgehead atoms. The van der Waals surface area contributed by atoms with Crippen molar-refractivity contribution < 1.29 is 18.3 Å². The molecule has 2 N–H and O–H groups in total. The summed E-state index contributed by atoms with van der Waals surface area (Å²) in [6.45, 7) is 5.59. The van der Waals surface area contributed by atoms with E-state index >= 15 is 0 Å². The highest BCUT2D eigenvalue weighted by Crippen LogP contribution is 2.39. The third-order valence-corrected chi connectivity index (χ3v) is 4.62. The Kier molecular flexibility index (Phi) is 6.94. The number of aliphatic hydroxyl groups excluding tert-OH is 1. The van der Waals surface area contributed by atoms with Crippen LogP contribution in [0.4, 0.5) is 24.5 Å². The summed E-state index contributed by atoms with van der Waals surface area (Å²) in [7, 11) is 0. The fourth-order valence-corrected chi connectivity index (χ4v) is 2.92. The number of nitrogens with one attached hydrogen (secondary N) is 1. The number of aliphatic hydroxyl groups is 1. The Morgan fingerprint density at radius 1 is 1.10 bits per heavy atom. The molecule has 0 fully saturated rings. The molecule has 5 nitrogen and oxygen atoms in total. The molecule has 2 aromatic carbocycles. The molecule has 0 radical (unpaired) electrons. The average Bonchev–Trinajstić information content (AvgIpc) is 2.77. The third kappa shape index (κ3) is 5.62. The van der Waals surface area contributed by atoms with E-state index in [-0.39, 0.29) is 0 Å². The molecule has 1 unspecified atom stereocenters. The molecule has 0 aliphatic heterocycles. The molecule has 8 heteroatoms. The van der Waals surface area contributed by atoms with Crippen LogP contribution in [0.3, 0.4) is 0 Å². The zero-order chi connectivity index (χ0) is 22.4. The standard InChI is InChI=1S/C23H21F3N4O/c1-15(22(31)29-12-16-6-4-3-5-7-16)30-21-19(13-28-14-20(21)27-2)17-8-10-18(11-9-17)23(24,25)26/h3-11,13-14,22,29,31H,2,12H2,1H3/b30-15+. The SMILES string of the molecule is C=Nc1cncc(-c2ccc(C(F)(F)F)cc2)c1/N=C(\C)C(O)NCc1ccccc1. The van der Waals surface area contributed by atoms with Crippen LogP contribution < -0.4 is 5.32 Å². The number of halogens is 3. The molecule has 1 atom stereocenters. The largest absolute Gasteiger partial charge is 0.416 e. The van der Waals surface area contributed by atoms with Gasteiger partial charge in [0.05, 0.1) is 23.2 Å². The number of alkyl halides is 3. The first kappa shape index (κ1) is 22.3. The van der Waals surface area contributed by atoms with Crippen molar-refractivity contribution in [3.05, 3.63) is 78.1 Å². The maximum absolute atomic E-state index is 12.9. The van der Waals surface area contributed by atoms with Gasteiger partial charge in [-0.1, -0.05) is 42.5 Å². The summed E-state index contributed by atoms with van der Waals surface area (Å²) < 4.78 is 38.7. The molecule has 0 saturated heterocycles. The van der Waals surface area contributed by atoms with Crippen LogP contribution in [0.2, 0.25) is 0 Å². The van der Waals surface area contributed by atoms with Gasteiger partial charge in [-0.3, -0.25) is 20.3 Å². The van der Waals surface area contributed by atoms with E-state index in [1.54, 1.807) is 6.92 Å². The maximum atomic E-state index is 12.9. The van der Waals surface area contributed by atoms with Crippen LogP contribution in [0.5, 0.6) is 0 Å². The summed E-state index contributed by atoms with van der Waals surface area (Å²) in [5.74, 6) is 0.